The van der Waals surface area contributed by atoms with E-state index in [1.165, 1.54) is 69.8 Å². The van der Waals surface area contributed by atoms with Crippen molar-refractivity contribution >= 4 is 0 Å². The average Bonchev–Trinajstić information content (AvgIpc) is 2.84. The minimum atomic E-state index is -1.41. The van der Waals surface area contributed by atoms with E-state index in [0.717, 1.165) is 46.3 Å². The molecule has 5 saturated carbocycles. The summed E-state index contributed by atoms with van der Waals surface area (Å²) in [5, 5.41) is 0. The third-order valence-corrected chi connectivity index (χ3v) is 10.7. The molecule has 0 atom stereocenters. The normalized spacial score (nSPS) is 36.3. The van der Waals surface area contributed by atoms with Crippen molar-refractivity contribution in [3.05, 3.63) is 59.4 Å². The van der Waals surface area contributed by atoms with Crippen molar-refractivity contribution in [2.75, 3.05) is 0 Å². The van der Waals surface area contributed by atoms with Crippen LogP contribution in [-0.4, -0.2) is 0 Å². The zero-order valence-corrected chi connectivity index (χ0v) is 21.1. The summed E-state index contributed by atoms with van der Waals surface area (Å²) in [6, 6.07) is 10.2. The van der Waals surface area contributed by atoms with Crippen LogP contribution in [0.3, 0.4) is 0 Å². The lowest BCUT2D eigenvalue weighted by molar-refractivity contribution is -0.246. The predicted molar refractivity (Wildman–Crippen MR) is 136 cm³/mol. The van der Waals surface area contributed by atoms with Gasteiger partial charge in [0.1, 0.15) is 0 Å². The second-order valence-electron chi connectivity index (χ2n) is 12.7. The van der Waals surface area contributed by atoms with Crippen LogP contribution in [0.5, 0.6) is 0 Å². The van der Waals surface area contributed by atoms with Crippen LogP contribution < -0.4 is 0 Å². The Morgan fingerprint density at radius 2 is 1.26 bits per heavy atom. The molecule has 0 radical (unpaired) electrons. The van der Waals surface area contributed by atoms with Gasteiger partial charge in [-0.2, -0.15) is 0 Å². The summed E-state index contributed by atoms with van der Waals surface area (Å²) in [6.07, 6.45) is 18.5. The average molecular weight is 481 g/mol. The molecule has 5 aliphatic carbocycles. The monoisotopic (exact) mass is 480 g/mol. The van der Waals surface area contributed by atoms with Crippen LogP contribution in [0.25, 0.3) is 11.1 Å². The highest BCUT2D eigenvalue weighted by atomic mass is 19.2. The molecule has 7 rings (SSSR count). The Morgan fingerprint density at radius 1 is 0.714 bits per heavy atom. The standard InChI is InChI=1S/C32H39F3/c1-2-15-31-18-32(19-31,20-31)27-13-11-24(12-14-27)23-5-3-21(4-6-23)22-7-9-25(10-8-22)26-16-28(33)30(35)29(34)17-26/h7-10,16-17,21,23-24,27H,2-6,11-15,18-20H2,1H3/t21?,23?,24-,27-,31?,32?. The fraction of sp³-hybridized carbons (Fsp3) is 0.625. The Morgan fingerprint density at radius 3 is 1.80 bits per heavy atom. The molecule has 2 bridgehead atoms. The molecule has 0 saturated heterocycles. The van der Waals surface area contributed by atoms with Crippen LogP contribution >= 0.6 is 0 Å². The first-order chi connectivity index (χ1) is 16.9. The minimum Gasteiger partial charge on any atom is -0.204 e. The van der Waals surface area contributed by atoms with Gasteiger partial charge in [0.05, 0.1) is 0 Å². The maximum absolute atomic E-state index is 13.6. The summed E-state index contributed by atoms with van der Waals surface area (Å²) in [5.41, 5.74) is 3.99. The second kappa shape index (κ2) is 8.96. The first-order valence-corrected chi connectivity index (χ1v) is 14.2. The van der Waals surface area contributed by atoms with Crippen LogP contribution in [0.2, 0.25) is 0 Å². The molecule has 2 aromatic carbocycles. The number of hydrogen-bond acceptors (Lipinski definition) is 0. The van der Waals surface area contributed by atoms with Crippen molar-refractivity contribution in [2.24, 2.45) is 28.6 Å². The number of halogens is 3. The lowest BCUT2D eigenvalue weighted by Crippen LogP contribution is -2.65. The van der Waals surface area contributed by atoms with E-state index in [1.807, 2.05) is 12.1 Å². The first kappa shape index (κ1) is 23.6. The van der Waals surface area contributed by atoms with Gasteiger partial charge in [-0.1, -0.05) is 37.6 Å². The van der Waals surface area contributed by atoms with E-state index in [9.17, 15) is 13.2 Å². The molecule has 0 spiro atoms. The molecule has 0 N–H and O–H groups in total. The van der Waals surface area contributed by atoms with E-state index in [0.29, 0.717) is 11.5 Å². The molecule has 5 fully saturated rings. The molecule has 3 heteroatoms. The van der Waals surface area contributed by atoms with Gasteiger partial charge in [0.2, 0.25) is 0 Å². The highest BCUT2D eigenvalue weighted by Crippen LogP contribution is 2.79. The van der Waals surface area contributed by atoms with Crippen molar-refractivity contribution in [3.63, 3.8) is 0 Å². The Bertz CT molecular complexity index is 1010. The lowest BCUT2D eigenvalue weighted by Gasteiger charge is -2.75. The Kier molecular flexibility index (Phi) is 6.05. The third-order valence-electron chi connectivity index (χ3n) is 10.7. The van der Waals surface area contributed by atoms with Crippen LogP contribution in [0.4, 0.5) is 13.2 Å². The van der Waals surface area contributed by atoms with Gasteiger partial charge in [0, 0.05) is 0 Å². The molecule has 0 aromatic heterocycles. The van der Waals surface area contributed by atoms with Gasteiger partial charge in [-0.05, 0) is 140 Å². The van der Waals surface area contributed by atoms with Gasteiger partial charge >= 0.3 is 0 Å². The second-order valence-corrected chi connectivity index (χ2v) is 12.7. The number of benzene rings is 2. The van der Waals surface area contributed by atoms with Crippen LogP contribution in [0, 0.1) is 46.0 Å². The quantitative estimate of drug-likeness (QED) is 0.361. The Labute approximate surface area is 208 Å². The zero-order chi connectivity index (χ0) is 24.2. The van der Waals surface area contributed by atoms with Gasteiger partial charge < -0.3 is 0 Å². The molecule has 188 valence electrons. The van der Waals surface area contributed by atoms with E-state index in [-0.39, 0.29) is 0 Å². The first-order valence-electron chi connectivity index (χ1n) is 14.2. The van der Waals surface area contributed by atoms with Gasteiger partial charge in [0.15, 0.2) is 17.5 Å². The van der Waals surface area contributed by atoms with Crippen molar-refractivity contribution in [2.45, 2.75) is 96.3 Å². The molecule has 2 aromatic rings. The summed E-state index contributed by atoms with van der Waals surface area (Å²) in [7, 11) is 0. The van der Waals surface area contributed by atoms with E-state index < -0.39 is 17.5 Å². The maximum Gasteiger partial charge on any atom is 0.194 e. The SMILES string of the molecule is CCCC12CC([C@H]3CC[C@H](C4CCC(c5ccc(-c6cc(F)c(F)c(F)c6)cc5)CC4)CC3)(C1)C2. The summed E-state index contributed by atoms with van der Waals surface area (Å²) in [6.45, 7) is 2.35. The van der Waals surface area contributed by atoms with E-state index in [4.69, 9.17) is 0 Å². The van der Waals surface area contributed by atoms with E-state index in [2.05, 4.69) is 19.1 Å². The zero-order valence-electron chi connectivity index (χ0n) is 21.1. The van der Waals surface area contributed by atoms with Gasteiger partial charge in [0.25, 0.3) is 0 Å². The molecule has 0 unspecified atom stereocenters. The van der Waals surface area contributed by atoms with E-state index >= 15 is 0 Å². The van der Waals surface area contributed by atoms with Crippen LogP contribution in [0.15, 0.2) is 36.4 Å². The van der Waals surface area contributed by atoms with Crippen LogP contribution in [-0.2, 0) is 0 Å². The molecular weight excluding hydrogens is 441 g/mol. The largest absolute Gasteiger partial charge is 0.204 e. The number of hydrogen-bond donors (Lipinski definition) is 0. The molecule has 0 heterocycles. The Hall–Kier alpha value is -1.77. The van der Waals surface area contributed by atoms with Crippen molar-refractivity contribution in [1.29, 1.82) is 0 Å². The Balaban J connectivity index is 0.996. The lowest BCUT2D eigenvalue weighted by atomic mass is 9.30. The molecule has 0 nitrogen and oxygen atoms in total. The van der Waals surface area contributed by atoms with Gasteiger partial charge in [-0.3, -0.25) is 0 Å². The molecule has 35 heavy (non-hydrogen) atoms. The summed E-state index contributed by atoms with van der Waals surface area (Å²) < 4.78 is 40.5. The smallest absolute Gasteiger partial charge is 0.194 e. The molecule has 0 amide bonds. The highest BCUT2D eigenvalue weighted by Gasteiger charge is 2.68. The molecular formula is C32H39F3. The maximum atomic E-state index is 13.6. The highest BCUT2D eigenvalue weighted by molar-refractivity contribution is 5.64. The van der Waals surface area contributed by atoms with Crippen LogP contribution in [0.1, 0.15) is 102 Å². The topological polar surface area (TPSA) is 0 Å². The van der Waals surface area contributed by atoms with Gasteiger partial charge in [-0.15, -0.1) is 0 Å². The summed E-state index contributed by atoms with van der Waals surface area (Å²) in [4.78, 5) is 0. The van der Waals surface area contributed by atoms with E-state index in [1.54, 1.807) is 19.3 Å². The number of rotatable bonds is 6. The fourth-order valence-corrected chi connectivity index (χ4v) is 9.11. The minimum absolute atomic E-state index is 0.381. The van der Waals surface area contributed by atoms with Crippen molar-refractivity contribution in [3.8, 4) is 11.1 Å². The summed E-state index contributed by atoms with van der Waals surface area (Å²) >= 11 is 0. The third kappa shape index (κ3) is 4.15. The fourth-order valence-electron chi connectivity index (χ4n) is 9.11. The van der Waals surface area contributed by atoms with Crippen molar-refractivity contribution < 1.29 is 13.2 Å². The van der Waals surface area contributed by atoms with Gasteiger partial charge in [-0.25, -0.2) is 13.2 Å². The van der Waals surface area contributed by atoms with Crippen molar-refractivity contribution in [1.82, 2.24) is 0 Å². The summed E-state index contributed by atoms with van der Waals surface area (Å²) in [5.74, 6) is -0.243. The predicted octanol–water partition coefficient (Wildman–Crippen LogP) is 9.82. The molecule has 5 aliphatic rings. The molecule has 0 aliphatic heterocycles.